The first-order chi connectivity index (χ1) is 13.1. The van der Waals surface area contributed by atoms with Gasteiger partial charge in [-0.2, -0.15) is 0 Å². The largest absolute Gasteiger partial charge is 0.496 e. The quantitative estimate of drug-likeness (QED) is 0.808. The fraction of sp³-hybridized carbons (Fsp3) is 0.333. The Hall–Kier alpha value is -2.34. The number of hydrogen-bond donors (Lipinski definition) is 1. The van der Waals surface area contributed by atoms with Crippen molar-refractivity contribution in [1.82, 2.24) is 10.2 Å². The molecule has 0 radical (unpaired) electrons. The Bertz CT molecular complexity index is 877. The van der Waals surface area contributed by atoms with Crippen molar-refractivity contribution >= 4 is 27.7 Å². The smallest absolute Gasteiger partial charge is 0.254 e. The number of ether oxygens (including phenoxy) is 1. The van der Waals surface area contributed by atoms with E-state index in [0.717, 1.165) is 34.2 Å². The van der Waals surface area contributed by atoms with Gasteiger partial charge in [0.15, 0.2) is 0 Å². The number of rotatable bonds is 4. The summed E-state index contributed by atoms with van der Waals surface area (Å²) in [6, 6.07) is 12.5. The summed E-state index contributed by atoms with van der Waals surface area (Å²) in [5.41, 5.74) is 2.50. The zero-order valence-electron chi connectivity index (χ0n) is 15.1. The van der Waals surface area contributed by atoms with Crippen LogP contribution >= 0.6 is 15.9 Å². The fourth-order valence-corrected chi connectivity index (χ4v) is 3.87. The maximum atomic E-state index is 13.3. The van der Waals surface area contributed by atoms with Gasteiger partial charge >= 0.3 is 0 Å². The summed E-state index contributed by atoms with van der Waals surface area (Å²) in [6.45, 7) is 0.944. The van der Waals surface area contributed by atoms with Gasteiger partial charge in [-0.25, -0.2) is 0 Å². The highest BCUT2D eigenvalue weighted by molar-refractivity contribution is 9.10. The normalized spacial score (nSPS) is 19.6. The van der Waals surface area contributed by atoms with E-state index in [1.165, 1.54) is 0 Å². The molecule has 2 fully saturated rings. The van der Waals surface area contributed by atoms with E-state index in [-0.39, 0.29) is 11.8 Å². The van der Waals surface area contributed by atoms with E-state index in [1.807, 2.05) is 36.4 Å². The molecule has 1 saturated heterocycles. The second kappa shape index (κ2) is 7.35. The molecule has 1 aliphatic carbocycles. The number of methoxy groups -OCH3 is 1. The molecule has 2 aliphatic rings. The minimum Gasteiger partial charge on any atom is -0.496 e. The van der Waals surface area contributed by atoms with Gasteiger partial charge in [-0.15, -0.1) is 0 Å². The Balaban J connectivity index is 1.67. The van der Waals surface area contributed by atoms with Crippen molar-refractivity contribution < 1.29 is 14.3 Å². The van der Waals surface area contributed by atoms with E-state index in [2.05, 4.69) is 21.2 Å². The summed E-state index contributed by atoms with van der Waals surface area (Å²) in [5.74, 6) is 1.03. The summed E-state index contributed by atoms with van der Waals surface area (Å²) in [7, 11) is 1.65. The van der Waals surface area contributed by atoms with E-state index in [9.17, 15) is 9.59 Å². The van der Waals surface area contributed by atoms with Gasteiger partial charge in [0, 0.05) is 23.1 Å². The molecule has 27 heavy (non-hydrogen) atoms. The number of amides is 2. The van der Waals surface area contributed by atoms with Crippen LogP contribution in [0.15, 0.2) is 46.9 Å². The van der Waals surface area contributed by atoms with Crippen LogP contribution in [0, 0.1) is 0 Å². The number of carbonyl (C=O) groups excluding carboxylic acids is 2. The molecule has 2 amide bonds. The standard InChI is InChI=1S/C21H21BrN2O3/c1-27-18-9-6-15(12-17(18)13-2-3-13)21(26)24-11-10-23-20(25)19(24)14-4-7-16(22)8-5-14/h4-9,12-13,19H,2-3,10-11H2,1H3,(H,23,25). The van der Waals surface area contributed by atoms with Gasteiger partial charge in [0.25, 0.3) is 5.91 Å². The van der Waals surface area contributed by atoms with Crippen molar-refractivity contribution in [3.63, 3.8) is 0 Å². The molecule has 0 aromatic heterocycles. The Morgan fingerprint density at radius 2 is 1.93 bits per heavy atom. The van der Waals surface area contributed by atoms with Crippen molar-refractivity contribution in [2.75, 3.05) is 20.2 Å². The number of halogens is 1. The molecule has 1 atom stereocenters. The predicted octanol–water partition coefficient (Wildman–Crippen LogP) is 3.65. The van der Waals surface area contributed by atoms with Gasteiger partial charge in [0.05, 0.1) is 7.11 Å². The maximum Gasteiger partial charge on any atom is 0.254 e. The summed E-state index contributed by atoms with van der Waals surface area (Å²) in [6.07, 6.45) is 2.25. The molecule has 1 unspecified atom stereocenters. The Labute approximate surface area is 166 Å². The highest BCUT2D eigenvalue weighted by atomic mass is 79.9. The third kappa shape index (κ3) is 3.58. The lowest BCUT2D eigenvalue weighted by molar-refractivity contribution is -0.128. The zero-order valence-corrected chi connectivity index (χ0v) is 16.7. The summed E-state index contributed by atoms with van der Waals surface area (Å²) >= 11 is 3.41. The second-order valence-corrected chi connectivity index (χ2v) is 7.89. The van der Waals surface area contributed by atoms with Crippen LogP contribution in [0.2, 0.25) is 0 Å². The summed E-state index contributed by atoms with van der Waals surface area (Å²) in [5, 5.41) is 2.87. The SMILES string of the molecule is COc1ccc(C(=O)N2CCNC(=O)C2c2ccc(Br)cc2)cc1C1CC1. The van der Waals surface area contributed by atoms with E-state index in [4.69, 9.17) is 4.74 Å². The highest BCUT2D eigenvalue weighted by Gasteiger charge is 2.35. The van der Waals surface area contributed by atoms with E-state index in [0.29, 0.717) is 24.6 Å². The second-order valence-electron chi connectivity index (χ2n) is 6.97. The molecule has 1 N–H and O–H groups in total. The van der Waals surface area contributed by atoms with E-state index < -0.39 is 6.04 Å². The van der Waals surface area contributed by atoms with E-state index >= 15 is 0 Å². The summed E-state index contributed by atoms with van der Waals surface area (Å²) < 4.78 is 6.39. The molecule has 140 valence electrons. The fourth-order valence-electron chi connectivity index (χ4n) is 3.61. The van der Waals surface area contributed by atoms with Gasteiger partial charge in [0.1, 0.15) is 11.8 Å². The van der Waals surface area contributed by atoms with Crippen LogP contribution in [0.1, 0.15) is 46.3 Å². The van der Waals surface area contributed by atoms with Crippen LogP contribution in [-0.2, 0) is 4.79 Å². The number of benzene rings is 2. The first kappa shape index (κ1) is 18.0. The Morgan fingerprint density at radius 1 is 1.19 bits per heavy atom. The molecule has 1 heterocycles. The lowest BCUT2D eigenvalue weighted by Crippen LogP contribution is -2.52. The number of carbonyl (C=O) groups is 2. The first-order valence-electron chi connectivity index (χ1n) is 9.10. The van der Waals surface area contributed by atoms with Gasteiger partial charge < -0.3 is 15.0 Å². The molecule has 6 heteroatoms. The van der Waals surface area contributed by atoms with Gasteiger partial charge in [0.2, 0.25) is 5.91 Å². The topological polar surface area (TPSA) is 58.6 Å². The molecule has 1 aliphatic heterocycles. The molecule has 0 spiro atoms. The van der Waals surface area contributed by atoms with Crippen molar-refractivity contribution in [3.8, 4) is 5.75 Å². The maximum absolute atomic E-state index is 13.3. The average Bonchev–Trinajstić information content (AvgIpc) is 3.53. The minimum absolute atomic E-state index is 0.123. The Morgan fingerprint density at radius 3 is 2.59 bits per heavy atom. The minimum atomic E-state index is -0.620. The molecule has 5 nitrogen and oxygen atoms in total. The Kier molecular flexibility index (Phi) is 4.91. The monoisotopic (exact) mass is 428 g/mol. The number of piperazine rings is 1. The molecule has 2 aromatic rings. The molecular formula is C21H21BrN2O3. The first-order valence-corrected chi connectivity index (χ1v) is 9.90. The third-order valence-corrected chi connectivity index (χ3v) is 5.68. The van der Waals surface area contributed by atoms with Crippen LogP contribution in [0.5, 0.6) is 5.75 Å². The van der Waals surface area contributed by atoms with Crippen molar-refractivity contribution in [3.05, 3.63) is 63.6 Å². The van der Waals surface area contributed by atoms with E-state index in [1.54, 1.807) is 18.1 Å². The van der Waals surface area contributed by atoms with Crippen molar-refractivity contribution in [2.24, 2.45) is 0 Å². The molecular weight excluding hydrogens is 408 g/mol. The number of hydrogen-bond acceptors (Lipinski definition) is 3. The van der Waals surface area contributed by atoms with Gasteiger partial charge in [-0.3, -0.25) is 9.59 Å². The van der Waals surface area contributed by atoms with Crippen LogP contribution in [0.3, 0.4) is 0 Å². The van der Waals surface area contributed by atoms with Crippen LogP contribution in [0.25, 0.3) is 0 Å². The average molecular weight is 429 g/mol. The molecule has 0 bridgehead atoms. The molecule has 1 saturated carbocycles. The van der Waals surface area contributed by atoms with Gasteiger partial charge in [-0.1, -0.05) is 28.1 Å². The van der Waals surface area contributed by atoms with Crippen molar-refractivity contribution in [2.45, 2.75) is 24.8 Å². The highest BCUT2D eigenvalue weighted by Crippen LogP contribution is 2.44. The third-order valence-electron chi connectivity index (χ3n) is 5.15. The molecule has 4 rings (SSSR count). The van der Waals surface area contributed by atoms with Gasteiger partial charge in [-0.05, 0) is 60.2 Å². The lowest BCUT2D eigenvalue weighted by atomic mass is 10.00. The van der Waals surface area contributed by atoms with Crippen LogP contribution in [0.4, 0.5) is 0 Å². The molecule has 2 aromatic carbocycles. The lowest BCUT2D eigenvalue weighted by Gasteiger charge is -2.35. The number of nitrogens with one attached hydrogen (secondary N) is 1. The zero-order chi connectivity index (χ0) is 19.0. The van der Waals surface area contributed by atoms with Crippen molar-refractivity contribution in [1.29, 1.82) is 0 Å². The summed E-state index contributed by atoms with van der Waals surface area (Å²) in [4.78, 5) is 27.5. The van der Waals surface area contributed by atoms with Crippen LogP contribution < -0.4 is 10.1 Å². The number of nitrogens with zero attached hydrogens (tertiary/aromatic N) is 1. The van der Waals surface area contributed by atoms with Crippen LogP contribution in [-0.4, -0.2) is 36.9 Å². The predicted molar refractivity (Wildman–Crippen MR) is 106 cm³/mol.